The molecule has 1 heterocycles. The third kappa shape index (κ3) is 3.88. The smallest absolute Gasteiger partial charge is 0.137 e. The highest BCUT2D eigenvalue weighted by atomic mass is 35.5. The predicted molar refractivity (Wildman–Crippen MR) is 79.5 cm³/mol. The Morgan fingerprint density at radius 2 is 2.00 bits per heavy atom. The zero-order valence-electron chi connectivity index (χ0n) is 11.9. The lowest BCUT2D eigenvalue weighted by atomic mass is 10.2. The molecule has 0 spiro atoms. The first kappa shape index (κ1) is 15.6. The zero-order chi connectivity index (χ0) is 15.4. The molecule has 1 aromatic heterocycles. The Hall–Kier alpha value is -1.75. The predicted octanol–water partition coefficient (Wildman–Crippen LogP) is 4.28. The van der Waals surface area contributed by atoms with Gasteiger partial charge in [-0.2, -0.15) is 0 Å². The number of nitrogens with one attached hydrogen (secondary N) is 1. The molecule has 0 saturated carbocycles. The Bertz CT molecular complexity index is 647. The van der Waals surface area contributed by atoms with Gasteiger partial charge in [0.1, 0.15) is 28.4 Å². The highest BCUT2D eigenvalue weighted by Gasteiger charge is 2.10. The summed E-state index contributed by atoms with van der Waals surface area (Å²) in [6.45, 7) is 4.02. The third-order valence-corrected chi connectivity index (χ3v) is 3.44. The van der Waals surface area contributed by atoms with Crippen molar-refractivity contribution in [1.82, 2.24) is 9.97 Å². The van der Waals surface area contributed by atoms with Gasteiger partial charge in [0.05, 0.1) is 0 Å². The SMILES string of the molecule is CCCc1nc(Cl)c(C)c(NCc2ccc(F)cc2F)n1. The van der Waals surface area contributed by atoms with Gasteiger partial charge in [0.25, 0.3) is 0 Å². The average Bonchev–Trinajstić information content (AvgIpc) is 2.43. The maximum atomic E-state index is 13.6. The fraction of sp³-hybridized carbons (Fsp3) is 0.333. The van der Waals surface area contributed by atoms with Gasteiger partial charge in [-0.05, 0) is 19.4 Å². The van der Waals surface area contributed by atoms with Crippen LogP contribution in [0.15, 0.2) is 18.2 Å². The van der Waals surface area contributed by atoms with Gasteiger partial charge in [-0.1, -0.05) is 24.6 Å². The molecule has 0 aliphatic heterocycles. The Morgan fingerprint density at radius 3 is 2.67 bits per heavy atom. The molecule has 0 amide bonds. The second-order valence-corrected chi connectivity index (χ2v) is 5.10. The van der Waals surface area contributed by atoms with Crippen molar-refractivity contribution in [3.05, 3.63) is 51.9 Å². The van der Waals surface area contributed by atoms with Crippen LogP contribution in [0.1, 0.15) is 30.3 Å². The molecule has 2 rings (SSSR count). The van der Waals surface area contributed by atoms with Crippen molar-refractivity contribution in [3.63, 3.8) is 0 Å². The van der Waals surface area contributed by atoms with Crippen LogP contribution in [0, 0.1) is 18.6 Å². The first-order valence-corrected chi connectivity index (χ1v) is 7.10. The highest BCUT2D eigenvalue weighted by molar-refractivity contribution is 6.30. The van der Waals surface area contributed by atoms with Crippen LogP contribution in [-0.2, 0) is 13.0 Å². The second kappa shape index (κ2) is 6.80. The number of aromatic nitrogens is 2. The standard InChI is InChI=1S/C15H16ClF2N3/c1-3-4-13-20-14(16)9(2)15(21-13)19-8-10-5-6-11(17)7-12(10)18/h5-7H,3-4,8H2,1-2H3,(H,19,20,21). The van der Waals surface area contributed by atoms with Crippen LogP contribution in [-0.4, -0.2) is 9.97 Å². The quantitative estimate of drug-likeness (QED) is 0.837. The van der Waals surface area contributed by atoms with Crippen LogP contribution in [0.5, 0.6) is 0 Å². The van der Waals surface area contributed by atoms with E-state index in [4.69, 9.17) is 11.6 Å². The Morgan fingerprint density at radius 1 is 1.24 bits per heavy atom. The number of anilines is 1. The molecular formula is C15H16ClF2N3. The molecule has 0 saturated heterocycles. The van der Waals surface area contributed by atoms with Crippen molar-refractivity contribution in [2.75, 3.05) is 5.32 Å². The lowest BCUT2D eigenvalue weighted by Crippen LogP contribution is -2.08. The molecular weight excluding hydrogens is 296 g/mol. The maximum absolute atomic E-state index is 13.6. The van der Waals surface area contributed by atoms with E-state index in [1.54, 1.807) is 6.92 Å². The first-order chi connectivity index (χ1) is 10.0. The van der Waals surface area contributed by atoms with Gasteiger partial charge in [-0.3, -0.25) is 0 Å². The Kier molecular flexibility index (Phi) is 5.07. The van der Waals surface area contributed by atoms with Gasteiger partial charge in [-0.15, -0.1) is 0 Å². The van der Waals surface area contributed by atoms with E-state index in [1.807, 2.05) is 6.92 Å². The molecule has 3 nitrogen and oxygen atoms in total. The summed E-state index contributed by atoms with van der Waals surface area (Å²) in [5.41, 5.74) is 1.07. The van der Waals surface area contributed by atoms with Crippen LogP contribution >= 0.6 is 11.6 Å². The summed E-state index contributed by atoms with van der Waals surface area (Å²) in [6, 6.07) is 3.49. The molecule has 0 radical (unpaired) electrons. The normalized spacial score (nSPS) is 10.7. The first-order valence-electron chi connectivity index (χ1n) is 6.72. The van der Waals surface area contributed by atoms with Gasteiger partial charge in [0, 0.05) is 30.2 Å². The molecule has 0 aliphatic carbocycles. The topological polar surface area (TPSA) is 37.8 Å². The van der Waals surface area contributed by atoms with E-state index in [0.717, 1.165) is 18.9 Å². The van der Waals surface area contributed by atoms with E-state index < -0.39 is 11.6 Å². The van der Waals surface area contributed by atoms with E-state index >= 15 is 0 Å². The molecule has 0 unspecified atom stereocenters. The fourth-order valence-electron chi connectivity index (χ4n) is 1.88. The number of nitrogens with zero attached hydrogens (tertiary/aromatic N) is 2. The zero-order valence-corrected chi connectivity index (χ0v) is 12.6. The van der Waals surface area contributed by atoms with E-state index in [9.17, 15) is 8.78 Å². The van der Waals surface area contributed by atoms with Crippen LogP contribution in [0.25, 0.3) is 0 Å². The van der Waals surface area contributed by atoms with Gasteiger partial charge < -0.3 is 5.32 Å². The van der Waals surface area contributed by atoms with Crippen LogP contribution < -0.4 is 5.32 Å². The van der Waals surface area contributed by atoms with Crippen LogP contribution in [0.4, 0.5) is 14.6 Å². The van der Waals surface area contributed by atoms with E-state index in [1.165, 1.54) is 12.1 Å². The summed E-state index contributed by atoms with van der Waals surface area (Å²) in [5, 5.41) is 3.42. The van der Waals surface area contributed by atoms with Gasteiger partial charge >= 0.3 is 0 Å². The van der Waals surface area contributed by atoms with E-state index in [2.05, 4.69) is 15.3 Å². The molecule has 2 aromatic rings. The second-order valence-electron chi connectivity index (χ2n) is 4.74. The minimum atomic E-state index is -0.595. The number of halogens is 3. The van der Waals surface area contributed by atoms with Crippen molar-refractivity contribution in [3.8, 4) is 0 Å². The Labute approximate surface area is 127 Å². The van der Waals surface area contributed by atoms with Crippen LogP contribution in [0.3, 0.4) is 0 Å². The van der Waals surface area contributed by atoms with Crippen molar-refractivity contribution in [1.29, 1.82) is 0 Å². The number of benzene rings is 1. The molecule has 0 bridgehead atoms. The number of hydrogen-bond acceptors (Lipinski definition) is 3. The third-order valence-electron chi connectivity index (χ3n) is 3.07. The average molecular weight is 312 g/mol. The van der Waals surface area contributed by atoms with Gasteiger partial charge in [0.2, 0.25) is 0 Å². The lowest BCUT2D eigenvalue weighted by Gasteiger charge is -2.11. The largest absolute Gasteiger partial charge is 0.366 e. The lowest BCUT2D eigenvalue weighted by molar-refractivity contribution is 0.574. The molecule has 0 fully saturated rings. The minimum absolute atomic E-state index is 0.200. The van der Waals surface area contributed by atoms with Crippen molar-refractivity contribution >= 4 is 17.4 Å². The van der Waals surface area contributed by atoms with E-state index in [-0.39, 0.29) is 6.54 Å². The summed E-state index contributed by atoms with van der Waals surface area (Å²) < 4.78 is 26.5. The molecule has 1 aromatic carbocycles. The highest BCUT2D eigenvalue weighted by Crippen LogP contribution is 2.21. The van der Waals surface area contributed by atoms with Gasteiger partial charge in [0.15, 0.2) is 0 Å². The summed E-state index contributed by atoms with van der Waals surface area (Å²) in [4.78, 5) is 8.58. The summed E-state index contributed by atoms with van der Waals surface area (Å²) in [5.74, 6) is 0.0363. The Balaban J connectivity index is 2.19. The number of aryl methyl sites for hydroxylation is 1. The molecule has 1 N–H and O–H groups in total. The molecule has 21 heavy (non-hydrogen) atoms. The minimum Gasteiger partial charge on any atom is -0.366 e. The van der Waals surface area contributed by atoms with Crippen LogP contribution in [0.2, 0.25) is 5.15 Å². The van der Waals surface area contributed by atoms with Crippen molar-refractivity contribution < 1.29 is 8.78 Å². The fourth-order valence-corrected chi connectivity index (χ4v) is 2.07. The summed E-state index contributed by atoms with van der Waals surface area (Å²) >= 11 is 6.07. The van der Waals surface area contributed by atoms with Crippen molar-refractivity contribution in [2.45, 2.75) is 33.2 Å². The molecule has 0 atom stereocenters. The van der Waals surface area contributed by atoms with Gasteiger partial charge in [-0.25, -0.2) is 18.7 Å². The van der Waals surface area contributed by atoms with E-state index in [0.29, 0.717) is 27.9 Å². The number of hydrogen-bond donors (Lipinski definition) is 1. The molecule has 0 aliphatic rings. The summed E-state index contributed by atoms with van der Waals surface area (Å²) in [7, 11) is 0. The molecule has 6 heteroatoms. The molecule has 112 valence electrons. The van der Waals surface area contributed by atoms with Crippen molar-refractivity contribution in [2.24, 2.45) is 0 Å². The maximum Gasteiger partial charge on any atom is 0.137 e. The monoisotopic (exact) mass is 311 g/mol. The summed E-state index contributed by atoms with van der Waals surface area (Å²) in [6.07, 6.45) is 1.63. The number of rotatable bonds is 5.